The first-order valence-electron chi connectivity index (χ1n) is 6.58. The summed E-state index contributed by atoms with van der Waals surface area (Å²) in [6, 6.07) is 3.65. The molecule has 1 rings (SSSR count). The van der Waals surface area contributed by atoms with Gasteiger partial charge in [-0.15, -0.1) is 0 Å². The minimum absolute atomic E-state index is 0.239. The highest BCUT2D eigenvalue weighted by molar-refractivity contribution is 6.32. The number of hydrogen-bond acceptors (Lipinski definition) is 5. The molecule has 1 amide bonds. The second kappa shape index (κ2) is 8.71. The van der Waals surface area contributed by atoms with Crippen LogP contribution in [0.3, 0.4) is 0 Å². The number of carbonyl (C=O) groups is 1. The average Bonchev–Trinajstić information content (AvgIpc) is 2.43. The SMILES string of the molecule is CNCCN(C)Cc1cc(Cl)c(OCC(N)=O)c(OC)c1. The van der Waals surface area contributed by atoms with Crippen LogP contribution in [0.4, 0.5) is 0 Å². The highest BCUT2D eigenvalue weighted by atomic mass is 35.5. The molecule has 0 saturated heterocycles. The lowest BCUT2D eigenvalue weighted by molar-refractivity contribution is -0.119. The van der Waals surface area contributed by atoms with Gasteiger partial charge in [-0.05, 0) is 31.8 Å². The van der Waals surface area contributed by atoms with E-state index in [-0.39, 0.29) is 6.61 Å². The van der Waals surface area contributed by atoms with Crippen molar-refractivity contribution < 1.29 is 14.3 Å². The molecule has 0 heterocycles. The first-order chi connectivity index (χ1) is 9.97. The fourth-order valence-corrected chi connectivity index (χ4v) is 2.13. The maximum Gasteiger partial charge on any atom is 0.255 e. The van der Waals surface area contributed by atoms with Crippen molar-refractivity contribution >= 4 is 17.5 Å². The zero-order chi connectivity index (χ0) is 15.8. The topological polar surface area (TPSA) is 76.8 Å². The minimum Gasteiger partial charge on any atom is -0.493 e. The summed E-state index contributed by atoms with van der Waals surface area (Å²) in [5.74, 6) is 0.254. The number of carbonyl (C=O) groups excluding carboxylic acids is 1. The van der Waals surface area contributed by atoms with E-state index < -0.39 is 5.91 Å². The largest absolute Gasteiger partial charge is 0.493 e. The van der Waals surface area contributed by atoms with Gasteiger partial charge in [0.05, 0.1) is 12.1 Å². The van der Waals surface area contributed by atoms with Gasteiger partial charge in [0.1, 0.15) is 0 Å². The predicted molar refractivity (Wildman–Crippen MR) is 83.0 cm³/mol. The van der Waals surface area contributed by atoms with E-state index in [9.17, 15) is 4.79 Å². The fourth-order valence-electron chi connectivity index (χ4n) is 1.84. The molecule has 3 N–H and O–H groups in total. The molecule has 0 unspecified atom stereocenters. The van der Waals surface area contributed by atoms with Crippen molar-refractivity contribution in [2.75, 3.05) is 40.9 Å². The van der Waals surface area contributed by atoms with Crippen LogP contribution < -0.4 is 20.5 Å². The Hall–Kier alpha value is -1.50. The zero-order valence-corrected chi connectivity index (χ0v) is 13.4. The normalized spacial score (nSPS) is 10.7. The summed E-state index contributed by atoms with van der Waals surface area (Å²) in [6.07, 6.45) is 0. The molecule has 21 heavy (non-hydrogen) atoms. The summed E-state index contributed by atoms with van der Waals surface area (Å²) in [4.78, 5) is 13.0. The molecule has 0 saturated carbocycles. The number of nitrogens with zero attached hydrogens (tertiary/aromatic N) is 1. The minimum atomic E-state index is -0.566. The van der Waals surface area contributed by atoms with Crippen molar-refractivity contribution in [3.63, 3.8) is 0 Å². The Bertz CT molecular complexity index is 483. The van der Waals surface area contributed by atoms with E-state index in [2.05, 4.69) is 10.2 Å². The van der Waals surface area contributed by atoms with E-state index in [1.165, 1.54) is 7.11 Å². The Morgan fingerprint density at radius 2 is 2.19 bits per heavy atom. The summed E-state index contributed by atoms with van der Waals surface area (Å²) in [6.45, 7) is 2.31. The highest BCUT2D eigenvalue weighted by Gasteiger charge is 2.13. The third kappa shape index (κ3) is 5.79. The van der Waals surface area contributed by atoms with Crippen molar-refractivity contribution in [3.8, 4) is 11.5 Å². The van der Waals surface area contributed by atoms with Gasteiger partial charge < -0.3 is 25.4 Å². The van der Waals surface area contributed by atoms with E-state index in [0.717, 1.165) is 25.2 Å². The Morgan fingerprint density at radius 1 is 1.48 bits per heavy atom. The Morgan fingerprint density at radius 3 is 2.76 bits per heavy atom. The number of nitrogens with two attached hydrogens (primary N) is 1. The van der Waals surface area contributed by atoms with Gasteiger partial charge in [-0.2, -0.15) is 0 Å². The molecule has 0 aliphatic carbocycles. The van der Waals surface area contributed by atoms with Crippen LogP contribution in [-0.4, -0.2) is 51.7 Å². The fraction of sp³-hybridized carbons (Fsp3) is 0.500. The van der Waals surface area contributed by atoms with Gasteiger partial charge in [0.15, 0.2) is 18.1 Å². The Kier molecular flexibility index (Phi) is 7.28. The number of nitrogens with one attached hydrogen (secondary N) is 1. The number of rotatable bonds is 9. The third-order valence-corrected chi connectivity index (χ3v) is 3.12. The van der Waals surface area contributed by atoms with Crippen LogP contribution in [0.15, 0.2) is 12.1 Å². The standard InChI is InChI=1S/C14H22ClN3O3/c1-17-4-5-18(2)8-10-6-11(15)14(12(7-10)20-3)21-9-13(16)19/h6-7,17H,4-5,8-9H2,1-3H3,(H2,16,19). The molecular formula is C14H22ClN3O3. The van der Waals surface area contributed by atoms with Crippen LogP contribution in [-0.2, 0) is 11.3 Å². The summed E-state index contributed by atoms with van der Waals surface area (Å²) in [5.41, 5.74) is 6.07. The molecule has 0 aromatic heterocycles. The first-order valence-corrected chi connectivity index (χ1v) is 6.96. The predicted octanol–water partition coefficient (Wildman–Crippen LogP) is 0.864. The second-order valence-electron chi connectivity index (χ2n) is 4.71. The van der Waals surface area contributed by atoms with Crippen LogP contribution in [0.5, 0.6) is 11.5 Å². The number of hydrogen-bond donors (Lipinski definition) is 2. The molecular weight excluding hydrogens is 294 g/mol. The number of ether oxygens (including phenoxy) is 2. The molecule has 7 heteroatoms. The van der Waals surface area contributed by atoms with E-state index in [1.54, 1.807) is 6.07 Å². The zero-order valence-electron chi connectivity index (χ0n) is 12.6. The van der Waals surface area contributed by atoms with Gasteiger partial charge in [-0.1, -0.05) is 11.6 Å². The van der Waals surface area contributed by atoms with E-state index in [0.29, 0.717) is 16.5 Å². The van der Waals surface area contributed by atoms with Gasteiger partial charge in [0, 0.05) is 19.6 Å². The van der Waals surface area contributed by atoms with Crippen LogP contribution in [0.1, 0.15) is 5.56 Å². The van der Waals surface area contributed by atoms with Crippen molar-refractivity contribution in [1.82, 2.24) is 10.2 Å². The van der Waals surface area contributed by atoms with Gasteiger partial charge >= 0.3 is 0 Å². The monoisotopic (exact) mass is 315 g/mol. The van der Waals surface area contributed by atoms with Crippen LogP contribution in [0.25, 0.3) is 0 Å². The molecule has 118 valence electrons. The second-order valence-corrected chi connectivity index (χ2v) is 5.11. The lowest BCUT2D eigenvalue weighted by Gasteiger charge is -2.18. The molecule has 0 spiro atoms. The lowest BCUT2D eigenvalue weighted by atomic mass is 10.2. The summed E-state index contributed by atoms with van der Waals surface area (Å²) >= 11 is 6.20. The summed E-state index contributed by atoms with van der Waals surface area (Å²) in [7, 11) is 5.46. The van der Waals surface area contributed by atoms with Gasteiger partial charge in [-0.25, -0.2) is 0 Å². The van der Waals surface area contributed by atoms with Crippen LogP contribution in [0, 0.1) is 0 Å². The molecule has 6 nitrogen and oxygen atoms in total. The number of methoxy groups -OCH3 is 1. The number of benzene rings is 1. The Labute approximate surface area is 130 Å². The van der Waals surface area contributed by atoms with Gasteiger partial charge in [0.2, 0.25) is 0 Å². The molecule has 1 aromatic rings. The van der Waals surface area contributed by atoms with E-state index in [4.69, 9.17) is 26.8 Å². The lowest BCUT2D eigenvalue weighted by Crippen LogP contribution is -2.27. The first kappa shape index (κ1) is 17.6. The van der Waals surface area contributed by atoms with Gasteiger partial charge in [0.25, 0.3) is 5.91 Å². The van der Waals surface area contributed by atoms with E-state index >= 15 is 0 Å². The van der Waals surface area contributed by atoms with Crippen LogP contribution in [0.2, 0.25) is 5.02 Å². The molecule has 0 atom stereocenters. The van der Waals surface area contributed by atoms with Crippen molar-refractivity contribution in [3.05, 3.63) is 22.7 Å². The highest BCUT2D eigenvalue weighted by Crippen LogP contribution is 2.36. The molecule has 1 aromatic carbocycles. The molecule has 0 radical (unpaired) electrons. The maximum absolute atomic E-state index is 10.8. The van der Waals surface area contributed by atoms with Gasteiger partial charge in [-0.3, -0.25) is 4.79 Å². The smallest absolute Gasteiger partial charge is 0.255 e. The summed E-state index contributed by atoms with van der Waals surface area (Å²) < 4.78 is 10.6. The third-order valence-electron chi connectivity index (χ3n) is 2.84. The quantitative estimate of drug-likeness (QED) is 0.707. The molecule has 0 bridgehead atoms. The Balaban J connectivity index is 2.84. The molecule has 0 aliphatic heterocycles. The number of likely N-dealkylation sites (N-methyl/N-ethyl adjacent to an activating group) is 2. The number of amides is 1. The van der Waals surface area contributed by atoms with Crippen molar-refractivity contribution in [2.24, 2.45) is 5.73 Å². The van der Waals surface area contributed by atoms with Crippen molar-refractivity contribution in [2.45, 2.75) is 6.54 Å². The molecule has 0 aliphatic rings. The average molecular weight is 316 g/mol. The number of halogens is 1. The summed E-state index contributed by atoms with van der Waals surface area (Å²) in [5, 5.41) is 3.49. The molecule has 0 fully saturated rings. The van der Waals surface area contributed by atoms with Crippen molar-refractivity contribution in [1.29, 1.82) is 0 Å². The van der Waals surface area contributed by atoms with Crippen LogP contribution >= 0.6 is 11.6 Å². The number of primary amides is 1. The maximum atomic E-state index is 10.8. The van der Waals surface area contributed by atoms with E-state index in [1.807, 2.05) is 20.2 Å².